The Bertz CT molecular complexity index is 1560. The van der Waals surface area contributed by atoms with Crippen molar-refractivity contribution in [2.75, 3.05) is 11.9 Å². The molecule has 0 fully saturated rings. The second kappa shape index (κ2) is 12.7. The first-order valence-corrected chi connectivity index (χ1v) is 13.4. The van der Waals surface area contributed by atoms with Gasteiger partial charge < -0.3 is 19.9 Å². The van der Waals surface area contributed by atoms with Gasteiger partial charge in [0.15, 0.2) is 6.04 Å². The number of carboxylic acids is 1. The zero-order valence-corrected chi connectivity index (χ0v) is 22.8. The van der Waals surface area contributed by atoms with Gasteiger partial charge in [0.05, 0.1) is 24.0 Å². The highest BCUT2D eigenvalue weighted by molar-refractivity contribution is 6.04. The van der Waals surface area contributed by atoms with Crippen LogP contribution in [0.3, 0.4) is 0 Å². The fourth-order valence-corrected chi connectivity index (χ4v) is 5.07. The summed E-state index contributed by atoms with van der Waals surface area (Å²) >= 11 is 0. The number of anilines is 1. The number of carboxylic acid groups (broad SMARTS) is 1. The molecule has 0 saturated carbocycles. The Balaban J connectivity index is 1.26. The minimum atomic E-state index is -1.44. The summed E-state index contributed by atoms with van der Waals surface area (Å²) in [5.74, 6) is -3.31. The molecule has 0 heterocycles. The van der Waals surface area contributed by atoms with Crippen molar-refractivity contribution in [2.24, 2.45) is 0 Å². The molecule has 2 amide bonds. The predicted molar refractivity (Wildman–Crippen MR) is 155 cm³/mol. The summed E-state index contributed by atoms with van der Waals surface area (Å²) in [4.78, 5) is 38.0. The molecule has 2 atom stereocenters. The quantitative estimate of drug-likeness (QED) is 0.217. The topological polar surface area (TPSA) is 114 Å². The summed E-state index contributed by atoms with van der Waals surface area (Å²) < 4.78 is 26.1. The molecule has 0 unspecified atom stereocenters. The number of carbonyl (C=O) groups is 3. The Kier molecular flexibility index (Phi) is 8.59. The van der Waals surface area contributed by atoms with Crippen LogP contribution in [0.25, 0.3) is 11.1 Å². The largest absolute Gasteiger partial charge is 0.480 e. The van der Waals surface area contributed by atoms with Crippen molar-refractivity contribution < 1.29 is 33.4 Å². The summed E-state index contributed by atoms with van der Waals surface area (Å²) in [6.07, 6.45) is -1.87. The minimum absolute atomic E-state index is 0.00675. The van der Waals surface area contributed by atoms with Crippen LogP contribution >= 0.6 is 0 Å². The molecule has 214 valence electrons. The fourth-order valence-electron chi connectivity index (χ4n) is 5.07. The highest BCUT2D eigenvalue weighted by Crippen LogP contribution is 2.44. The Hall–Kier alpha value is -5.02. The van der Waals surface area contributed by atoms with Crippen LogP contribution in [0.4, 0.5) is 14.9 Å². The van der Waals surface area contributed by atoms with E-state index in [2.05, 4.69) is 10.6 Å². The Morgan fingerprint density at radius 3 is 2.12 bits per heavy atom. The van der Waals surface area contributed by atoms with Gasteiger partial charge in [0.25, 0.3) is 5.91 Å². The van der Waals surface area contributed by atoms with E-state index in [9.17, 15) is 23.9 Å². The van der Waals surface area contributed by atoms with Crippen molar-refractivity contribution >= 4 is 23.7 Å². The van der Waals surface area contributed by atoms with Gasteiger partial charge in [-0.1, -0.05) is 84.9 Å². The summed E-state index contributed by atoms with van der Waals surface area (Å²) in [7, 11) is 0. The molecule has 8 nitrogen and oxygen atoms in total. The lowest BCUT2D eigenvalue weighted by atomic mass is 9.98. The highest BCUT2D eigenvalue weighted by Gasteiger charge is 2.31. The van der Waals surface area contributed by atoms with E-state index in [0.717, 1.165) is 33.9 Å². The molecule has 0 radical (unpaired) electrons. The summed E-state index contributed by atoms with van der Waals surface area (Å²) in [6.45, 7) is 1.65. The number of rotatable bonds is 10. The standard InChI is InChI=1S/C33H29FN2O6/c1-20(41-18-21-10-3-2-4-11-21)29(32(38)39)35-31(37)26-16-9-17-28(34)30(26)36-33(40)42-19-27-24-14-7-5-12-22(24)23-13-6-8-15-25(23)27/h2-17,20,27,29H,18-19H2,1H3,(H,35,37)(H,36,40)(H,38,39)/t20-,29+/m1/s1. The molecule has 0 aliphatic heterocycles. The third kappa shape index (κ3) is 6.16. The van der Waals surface area contributed by atoms with E-state index >= 15 is 0 Å². The molecule has 1 aliphatic rings. The van der Waals surface area contributed by atoms with Crippen molar-refractivity contribution in [3.8, 4) is 11.1 Å². The average molecular weight is 569 g/mol. The molecule has 4 aromatic rings. The molecule has 5 rings (SSSR count). The number of benzene rings is 4. The van der Waals surface area contributed by atoms with Gasteiger partial charge in [0, 0.05) is 5.92 Å². The molecular weight excluding hydrogens is 539 g/mol. The lowest BCUT2D eigenvalue weighted by Crippen LogP contribution is -2.48. The molecule has 0 bridgehead atoms. The predicted octanol–water partition coefficient (Wildman–Crippen LogP) is 5.98. The molecule has 0 saturated heterocycles. The van der Waals surface area contributed by atoms with Crippen LogP contribution in [0.1, 0.15) is 39.9 Å². The van der Waals surface area contributed by atoms with Gasteiger partial charge in [-0.3, -0.25) is 10.1 Å². The van der Waals surface area contributed by atoms with E-state index in [-0.39, 0.29) is 24.7 Å². The Labute approximate surface area is 242 Å². The van der Waals surface area contributed by atoms with Gasteiger partial charge in [-0.15, -0.1) is 0 Å². The zero-order valence-electron chi connectivity index (χ0n) is 22.8. The van der Waals surface area contributed by atoms with E-state index in [1.165, 1.54) is 19.1 Å². The SMILES string of the molecule is C[C@@H](OCc1ccccc1)[C@H](NC(=O)c1cccc(F)c1NC(=O)OCC1c2ccccc2-c2ccccc21)C(=O)O. The van der Waals surface area contributed by atoms with Crippen molar-refractivity contribution in [3.05, 3.63) is 125 Å². The van der Waals surface area contributed by atoms with Crippen molar-refractivity contribution in [3.63, 3.8) is 0 Å². The van der Waals surface area contributed by atoms with E-state index in [1.807, 2.05) is 78.9 Å². The summed E-state index contributed by atoms with van der Waals surface area (Å²) in [5.41, 5.74) is 4.30. The molecule has 42 heavy (non-hydrogen) atoms. The van der Waals surface area contributed by atoms with Gasteiger partial charge >= 0.3 is 12.1 Å². The van der Waals surface area contributed by atoms with E-state index in [1.54, 1.807) is 0 Å². The number of amides is 2. The number of ether oxygens (including phenoxy) is 2. The zero-order chi connectivity index (χ0) is 29.6. The van der Waals surface area contributed by atoms with Crippen LogP contribution in [-0.2, 0) is 20.9 Å². The van der Waals surface area contributed by atoms with Crippen LogP contribution in [-0.4, -0.2) is 41.8 Å². The number of aliphatic carboxylic acids is 1. The maximum Gasteiger partial charge on any atom is 0.411 e. The molecule has 0 aromatic heterocycles. The lowest BCUT2D eigenvalue weighted by molar-refractivity contribution is -0.143. The van der Waals surface area contributed by atoms with Crippen LogP contribution < -0.4 is 10.6 Å². The second-order valence-corrected chi connectivity index (χ2v) is 9.90. The highest BCUT2D eigenvalue weighted by atomic mass is 19.1. The molecular formula is C33H29FN2O6. The van der Waals surface area contributed by atoms with Gasteiger partial charge in [0.1, 0.15) is 12.4 Å². The number of para-hydroxylation sites is 1. The maximum atomic E-state index is 14.9. The number of hydrogen-bond acceptors (Lipinski definition) is 5. The number of fused-ring (bicyclic) bond motifs is 3. The second-order valence-electron chi connectivity index (χ2n) is 9.90. The number of carbonyl (C=O) groups excluding carboxylic acids is 2. The minimum Gasteiger partial charge on any atom is -0.480 e. The number of halogens is 1. The normalized spacial score (nSPS) is 13.4. The van der Waals surface area contributed by atoms with Crippen LogP contribution in [0, 0.1) is 5.82 Å². The van der Waals surface area contributed by atoms with Crippen molar-refractivity contribution in [2.45, 2.75) is 31.6 Å². The number of hydrogen-bond donors (Lipinski definition) is 3. The monoisotopic (exact) mass is 568 g/mol. The first kappa shape index (κ1) is 28.5. The third-order valence-corrected chi connectivity index (χ3v) is 7.21. The number of nitrogens with one attached hydrogen (secondary N) is 2. The molecule has 3 N–H and O–H groups in total. The maximum absolute atomic E-state index is 14.9. The summed E-state index contributed by atoms with van der Waals surface area (Å²) in [5, 5.41) is 14.5. The molecule has 0 spiro atoms. The average Bonchev–Trinajstić information content (AvgIpc) is 3.32. The van der Waals surface area contributed by atoms with E-state index < -0.39 is 41.6 Å². The lowest BCUT2D eigenvalue weighted by Gasteiger charge is -2.22. The third-order valence-electron chi connectivity index (χ3n) is 7.21. The molecule has 4 aromatic carbocycles. The van der Waals surface area contributed by atoms with E-state index in [4.69, 9.17) is 9.47 Å². The van der Waals surface area contributed by atoms with Crippen LogP contribution in [0.5, 0.6) is 0 Å². The Morgan fingerprint density at radius 2 is 1.48 bits per heavy atom. The van der Waals surface area contributed by atoms with Crippen LogP contribution in [0.15, 0.2) is 97.1 Å². The smallest absolute Gasteiger partial charge is 0.411 e. The molecule has 1 aliphatic carbocycles. The van der Waals surface area contributed by atoms with Crippen LogP contribution in [0.2, 0.25) is 0 Å². The van der Waals surface area contributed by atoms with Crippen molar-refractivity contribution in [1.29, 1.82) is 0 Å². The fraction of sp³-hybridized carbons (Fsp3) is 0.182. The van der Waals surface area contributed by atoms with Gasteiger partial charge in [-0.05, 0) is 46.9 Å². The van der Waals surface area contributed by atoms with E-state index in [0.29, 0.717) is 0 Å². The Morgan fingerprint density at radius 1 is 0.857 bits per heavy atom. The van der Waals surface area contributed by atoms with Gasteiger partial charge in [-0.25, -0.2) is 14.0 Å². The first-order chi connectivity index (χ1) is 20.3. The molecule has 9 heteroatoms. The van der Waals surface area contributed by atoms with Crippen molar-refractivity contribution in [1.82, 2.24) is 5.32 Å². The van der Waals surface area contributed by atoms with Gasteiger partial charge in [-0.2, -0.15) is 0 Å². The first-order valence-electron chi connectivity index (χ1n) is 13.4. The van der Waals surface area contributed by atoms with Gasteiger partial charge in [0.2, 0.25) is 0 Å². The summed E-state index contributed by atoms with van der Waals surface area (Å²) in [6, 6.07) is 27.1.